The van der Waals surface area contributed by atoms with E-state index in [9.17, 15) is 35.7 Å². The average Bonchev–Trinajstić information content (AvgIpc) is 3.54. The summed E-state index contributed by atoms with van der Waals surface area (Å²) in [5.74, 6) is -1.64. The molecule has 0 bridgehead atoms. The lowest BCUT2D eigenvalue weighted by atomic mass is 9.97. The van der Waals surface area contributed by atoms with E-state index in [4.69, 9.17) is 4.42 Å². The molecule has 0 aliphatic carbocycles. The number of para-hydroxylation sites is 1. The first kappa shape index (κ1) is 31.9. The Kier molecular flexibility index (Phi) is 8.35. The third-order valence-corrected chi connectivity index (χ3v) is 7.71. The SMILES string of the molecule is Cc1nc(-c2ccccc2OC(F)(F)F)c(-c2cc(-c3cc(F)c(CO)c(S(C)=O)c3)ccc2-n2cc(C(F)(F)F)nc2C)o1. The number of aliphatic hydroxyl groups is 1. The van der Waals surface area contributed by atoms with E-state index in [0.29, 0.717) is 0 Å². The predicted octanol–water partition coefficient (Wildman–Crippen LogP) is 7.76. The Labute approximate surface area is 253 Å². The Morgan fingerprint density at radius 3 is 2.29 bits per heavy atom. The summed E-state index contributed by atoms with van der Waals surface area (Å²) in [6, 6.07) is 11.9. The number of benzene rings is 3. The fraction of sp³-hybridized carbons (Fsp3) is 0.200. The van der Waals surface area contributed by atoms with Gasteiger partial charge in [-0.25, -0.2) is 14.4 Å². The normalized spacial score (nSPS) is 12.9. The zero-order chi connectivity index (χ0) is 32.8. The largest absolute Gasteiger partial charge is 0.573 e. The zero-order valence-electron chi connectivity index (χ0n) is 23.5. The van der Waals surface area contributed by atoms with Crippen molar-refractivity contribution >= 4 is 10.8 Å². The summed E-state index contributed by atoms with van der Waals surface area (Å²) in [7, 11) is -1.71. The number of hydrogen-bond donors (Lipinski definition) is 1. The van der Waals surface area contributed by atoms with Gasteiger partial charge in [0.25, 0.3) is 0 Å². The number of rotatable bonds is 7. The molecule has 5 aromatic rings. The van der Waals surface area contributed by atoms with Crippen molar-refractivity contribution < 1.29 is 49.2 Å². The highest BCUT2D eigenvalue weighted by molar-refractivity contribution is 7.84. The van der Waals surface area contributed by atoms with E-state index >= 15 is 4.39 Å². The van der Waals surface area contributed by atoms with Crippen LogP contribution in [0.1, 0.15) is 23.0 Å². The third kappa shape index (κ3) is 6.49. The molecule has 3 aromatic carbocycles. The highest BCUT2D eigenvalue weighted by Crippen LogP contribution is 2.43. The zero-order valence-corrected chi connectivity index (χ0v) is 24.4. The lowest BCUT2D eigenvalue weighted by Crippen LogP contribution is -2.17. The molecule has 0 spiro atoms. The van der Waals surface area contributed by atoms with Gasteiger partial charge in [-0.3, -0.25) is 4.21 Å². The summed E-state index contributed by atoms with van der Waals surface area (Å²) < 4.78 is 119. The van der Waals surface area contributed by atoms with Gasteiger partial charge in [0.1, 0.15) is 23.1 Å². The topological polar surface area (TPSA) is 90.4 Å². The van der Waals surface area contributed by atoms with Gasteiger partial charge in [-0.1, -0.05) is 18.2 Å². The maximum Gasteiger partial charge on any atom is 0.573 e. The molecule has 0 aliphatic rings. The van der Waals surface area contributed by atoms with E-state index in [1.165, 1.54) is 62.6 Å². The van der Waals surface area contributed by atoms with E-state index < -0.39 is 47.2 Å². The lowest BCUT2D eigenvalue weighted by Gasteiger charge is -2.16. The van der Waals surface area contributed by atoms with Crippen LogP contribution in [0.4, 0.5) is 30.7 Å². The maximum atomic E-state index is 15.0. The number of imidazole rings is 1. The van der Waals surface area contributed by atoms with E-state index in [-0.39, 0.29) is 61.6 Å². The molecule has 1 N–H and O–H groups in total. The number of aromatic nitrogens is 3. The maximum absolute atomic E-state index is 15.0. The number of aliphatic hydroxyl groups excluding tert-OH is 1. The van der Waals surface area contributed by atoms with Crippen LogP contribution >= 0.6 is 0 Å². The first-order valence-electron chi connectivity index (χ1n) is 12.9. The van der Waals surface area contributed by atoms with Gasteiger partial charge in [0.15, 0.2) is 17.3 Å². The van der Waals surface area contributed by atoms with Crippen molar-refractivity contribution in [2.24, 2.45) is 0 Å². The minimum Gasteiger partial charge on any atom is -0.440 e. The van der Waals surface area contributed by atoms with Crippen LogP contribution < -0.4 is 4.74 Å². The summed E-state index contributed by atoms with van der Waals surface area (Å²) in [6.45, 7) is 2.05. The van der Waals surface area contributed by atoms with Crippen LogP contribution in [0.25, 0.3) is 39.4 Å². The van der Waals surface area contributed by atoms with Gasteiger partial charge in [-0.05, 0) is 54.4 Å². The summed E-state index contributed by atoms with van der Waals surface area (Å²) in [6.07, 6.45) is -7.78. The molecule has 2 aromatic heterocycles. The van der Waals surface area contributed by atoms with Crippen molar-refractivity contribution in [1.82, 2.24) is 14.5 Å². The van der Waals surface area contributed by atoms with Gasteiger partial charge in [-0.15, -0.1) is 13.2 Å². The average molecular weight is 654 g/mol. The molecule has 15 heteroatoms. The minimum absolute atomic E-state index is 0.0125. The van der Waals surface area contributed by atoms with Gasteiger partial charge in [-0.2, -0.15) is 13.2 Å². The van der Waals surface area contributed by atoms with Gasteiger partial charge in [0.2, 0.25) is 0 Å². The lowest BCUT2D eigenvalue weighted by molar-refractivity contribution is -0.274. The van der Waals surface area contributed by atoms with Crippen LogP contribution in [0.3, 0.4) is 0 Å². The summed E-state index contributed by atoms with van der Waals surface area (Å²) in [4.78, 5) is 7.92. The Morgan fingerprint density at radius 1 is 0.956 bits per heavy atom. The molecule has 0 radical (unpaired) electrons. The van der Waals surface area contributed by atoms with E-state index in [2.05, 4.69) is 14.7 Å². The molecule has 2 heterocycles. The van der Waals surface area contributed by atoms with Gasteiger partial charge < -0.3 is 18.8 Å². The fourth-order valence-electron chi connectivity index (χ4n) is 4.82. The van der Waals surface area contributed by atoms with Crippen molar-refractivity contribution in [1.29, 1.82) is 0 Å². The van der Waals surface area contributed by atoms with Crippen LogP contribution in [0.2, 0.25) is 0 Å². The number of aryl methyl sites for hydroxylation is 2. The Hall–Kier alpha value is -4.50. The van der Waals surface area contributed by atoms with Crippen LogP contribution in [-0.2, 0) is 23.6 Å². The second kappa shape index (κ2) is 11.8. The molecular formula is C30H22F7N3O4S. The highest BCUT2D eigenvalue weighted by atomic mass is 32.2. The van der Waals surface area contributed by atoms with Crippen molar-refractivity contribution in [3.05, 3.63) is 89.6 Å². The van der Waals surface area contributed by atoms with Gasteiger partial charge in [0.05, 0.1) is 23.1 Å². The molecule has 1 atom stereocenters. The molecule has 5 rings (SSSR count). The van der Waals surface area contributed by atoms with Crippen molar-refractivity contribution in [2.45, 2.75) is 37.9 Å². The number of halogens is 7. The van der Waals surface area contributed by atoms with Crippen molar-refractivity contribution in [3.8, 4) is 45.1 Å². The molecule has 0 fully saturated rings. The molecule has 0 amide bonds. The molecule has 7 nitrogen and oxygen atoms in total. The molecule has 1 unspecified atom stereocenters. The monoisotopic (exact) mass is 653 g/mol. The van der Waals surface area contributed by atoms with Crippen molar-refractivity contribution in [3.63, 3.8) is 0 Å². The Balaban J connectivity index is 1.80. The second-order valence-corrected chi connectivity index (χ2v) is 11.1. The first-order valence-corrected chi connectivity index (χ1v) is 14.5. The quantitative estimate of drug-likeness (QED) is 0.181. The standard InChI is InChI=1S/C30H22F7N3O4S/c1-15-38-26(29(32,33)34)13-40(15)23-9-8-17(18-11-22(31)21(14-41)25(12-18)45(3)42)10-20(23)28-27(39-16(2)43-28)19-6-4-5-7-24(19)44-30(35,36)37/h4-13,41H,14H2,1-3H3. The summed E-state index contributed by atoms with van der Waals surface area (Å²) in [5, 5.41) is 9.62. The number of hydrogen-bond acceptors (Lipinski definition) is 6. The summed E-state index contributed by atoms with van der Waals surface area (Å²) in [5.41, 5.74) is -0.987. The smallest absolute Gasteiger partial charge is 0.440 e. The van der Waals surface area contributed by atoms with Crippen LogP contribution in [0, 0.1) is 19.7 Å². The molecular weight excluding hydrogens is 631 g/mol. The Morgan fingerprint density at radius 2 is 1.67 bits per heavy atom. The van der Waals surface area contributed by atoms with E-state index in [1.807, 2.05) is 0 Å². The van der Waals surface area contributed by atoms with Crippen LogP contribution in [0.5, 0.6) is 5.75 Å². The minimum atomic E-state index is -5.05. The van der Waals surface area contributed by atoms with Crippen LogP contribution in [-0.4, -0.2) is 36.5 Å². The van der Waals surface area contributed by atoms with E-state index in [0.717, 1.165) is 22.9 Å². The molecule has 0 saturated carbocycles. The third-order valence-electron chi connectivity index (χ3n) is 6.73. The van der Waals surface area contributed by atoms with E-state index in [1.54, 1.807) is 0 Å². The fourth-order valence-corrected chi connectivity index (χ4v) is 5.62. The van der Waals surface area contributed by atoms with Crippen LogP contribution in [0.15, 0.2) is 70.1 Å². The first-order chi connectivity index (χ1) is 21.1. The second-order valence-electron chi connectivity index (χ2n) is 9.77. The molecule has 236 valence electrons. The van der Waals surface area contributed by atoms with Crippen molar-refractivity contribution in [2.75, 3.05) is 6.26 Å². The number of oxazole rings is 1. The van der Waals surface area contributed by atoms with Gasteiger partial charge in [0, 0.05) is 41.0 Å². The number of ether oxygens (including phenoxy) is 1. The number of nitrogens with zero attached hydrogens (tertiary/aromatic N) is 3. The van der Waals surface area contributed by atoms with Gasteiger partial charge >= 0.3 is 12.5 Å². The summed E-state index contributed by atoms with van der Waals surface area (Å²) >= 11 is 0. The number of alkyl halides is 6. The predicted molar refractivity (Wildman–Crippen MR) is 149 cm³/mol. The molecule has 45 heavy (non-hydrogen) atoms. The Bertz CT molecular complexity index is 1930. The highest BCUT2D eigenvalue weighted by Gasteiger charge is 2.36. The molecule has 0 saturated heterocycles. The molecule has 0 aliphatic heterocycles.